The summed E-state index contributed by atoms with van der Waals surface area (Å²) < 4.78 is 44.6. The second-order valence-corrected chi connectivity index (χ2v) is 6.12. The van der Waals surface area contributed by atoms with Crippen molar-refractivity contribution in [3.63, 3.8) is 0 Å². The lowest BCUT2D eigenvalue weighted by molar-refractivity contribution is -0.140. The van der Waals surface area contributed by atoms with Gasteiger partial charge in [-0.25, -0.2) is 9.78 Å². The molecular formula is C18H11F3N4O4. The van der Waals surface area contributed by atoms with Crippen LogP contribution < -0.4 is 10.3 Å². The van der Waals surface area contributed by atoms with E-state index in [-0.39, 0.29) is 22.3 Å². The molecule has 0 radical (unpaired) electrons. The number of halogens is 3. The monoisotopic (exact) mass is 404 g/mol. The van der Waals surface area contributed by atoms with E-state index in [2.05, 4.69) is 19.9 Å². The van der Waals surface area contributed by atoms with E-state index in [1.165, 1.54) is 36.7 Å². The van der Waals surface area contributed by atoms with Crippen LogP contribution in [0.5, 0.6) is 5.88 Å². The van der Waals surface area contributed by atoms with Crippen LogP contribution in [0.4, 0.5) is 18.0 Å². The minimum absolute atomic E-state index is 0.00621. The number of aromatic amines is 1. The Morgan fingerprint density at radius 3 is 2.76 bits per heavy atom. The first-order chi connectivity index (χ1) is 13.7. The number of hydrogen-bond acceptors (Lipinski definition) is 5. The normalized spacial score (nSPS) is 11.8. The quantitative estimate of drug-likeness (QED) is 0.505. The molecule has 2 N–H and O–H groups in total. The fourth-order valence-electron chi connectivity index (χ4n) is 3.15. The van der Waals surface area contributed by atoms with E-state index in [1.54, 1.807) is 6.07 Å². The lowest BCUT2D eigenvalue weighted by atomic mass is 10.0. The van der Waals surface area contributed by atoms with Crippen molar-refractivity contribution in [1.29, 1.82) is 0 Å². The van der Waals surface area contributed by atoms with Crippen molar-refractivity contribution in [3.8, 4) is 17.0 Å². The third kappa shape index (κ3) is 3.37. The van der Waals surface area contributed by atoms with Gasteiger partial charge in [0.15, 0.2) is 0 Å². The second-order valence-electron chi connectivity index (χ2n) is 6.12. The largest absolute Gasteiger partial charge is 0.512 e. The Kier molecular flexibility index (Phi) is 4.22. The number of aromatic nitrogens is 4. The molecule has 0 amide bonds. The van der Waals surface area contributed by atoms with Gasteiger partial charge in [0.05, 0.1) is 22.6 Å². The molecule has 0 bridgehead atoms. The molecule has 0 unspecified atom stereocenters. The number of pyridine rings is 2. The Bertz CT molecular complexity index is 1310. The molecule has 3 heterocycles. The van der Waals surface area contributed by atoms with E-state index in [1.807, 2.05) is 0 Å². The highest BCUT2D eigenvalue weighted by atomic mass is 19.4. The Hall–Kier alpha value is -3.89. The van der Waals surface area contributed by atoms with E-state index in [9.17, 15) is 22.8 Å². The maximum absolute atomic E-state index is 13.1. The lowest BCUT2D eigenvalue weighted by Crippen LogP contribution is -2.28. The molecule has 4 rings (SSSR count). The zero-order valence-electron chi connectivity index (χ0n) is 14.4. The van der Waals surface area contributed by atoms with Crippen LogP contribution in [0.25, 0.3) is 32.9 Å². The molecule has 0 aliphatic carbocycles. The van der Waals surface area contributed by atoms with Crippen LogP contribution in [0.3, 0.4) is 0 Å². The zero-order chi connectivity index (χ0) is 20.8. The van der Waals surface area contributed by atoms with E-state index in [0.717, 1.165) is 0 Å². The first kappa shape index (κ1) is 18.5. The first-order valence-electron chi connectivity index (χ1n) is 8.17. The van der Waals surface area contributed by atoms with Gasteiger partial charge in [0.25, 0.3) is 5.56 Å². The number of fused-ring (bicyclic) bond motifs is 3. The number of hydrogen-bond donors (Lipinski definition) is 2. The van der Waals surface area contributed by atoms with Crippen molar-refractivity contribution >= 4 is 28.0 Å². The van der Waals surface area contributed by atoms with Crippen molar-refractivity contribution in [2.75, 3.05) is 0 Å². The molecule has 0 spiro atoms. The predicted octanol–water partition coefficient (Wildman–Crippen LogP) is 3.56. The first-order valence-corrected chi connectivity index (χ1v) is 8.17. The summed E-state index contributed by atoms with van der Waals surface area (Å²) in [6.07, 6.45) is -3.72. The number of benzene rings is 1. The topological polar surface area (TPSA) is 110 Å². The summed E-state index contributed by atoms with van der Waals surface area (Å²) in [5.41, 5.74) is 0.0438. The fourth-order valence-corrected chi connectivity index (χ4v) is 3.15. The van der Waals surface area contributed by atoms with E-state index < -0.39 is 24.4 Å². The number of H-pyrrole nitrogens is 1. The van der Waals surface area contributed by atoms with Gasteiger partial charge in [-0.3, -0.25) is 14.5 Å². The van der Waals surface area contributed by atoms with Crippen molar-refractivity contribution < 1.29 is 27.8 Å². The van der Waals surface area contributed by atoms with Crippen LogP contribution >= 0.6 is 0 Å². The molecule has 0 aliphatic rings. The standard InChI is InChI=1S/C18H11F3N4O4/c19-18(20,21)8-25-13-6-9(10-2-1-5-22-15(10)29-17(27)28)3-4-11(13)14-12(16(25)26)7-23-24-14/h1-7H,8H2,(H,23,24)(H,27,28). The lowest BCUT2D eigenvalue weighted by Gasteiger charge is -2.15. The molecule has 0 saturated carbocycles. The number of ether oxygens (including phenoxy) is 1. The van der Waals surface area contributed by atoms with Gasteiger partial charge in [-0.2, -0.15) is 18.3 Å². The molecular weight excluding hydrogens is 393 g/mol. The Labute approximate surface area is 159 Å². The molecule has 0 aliphatic heterocycles. The van der Waals surface area contributed by atoms with E-state index in [4.69, 9.17) is 5.11 Å². The molecule has 8 nitrogen and oxygen atoms in total. The van der Waals surface area contributed by atoms with Gasteiger partial charge < -0.3 is 9.84 Å². The SMILES string of the molecule is O=C(O)Oc1ncccc1-c1ccc2c3[nH]ncc3c(=O)n(CC(F)(F)F)c2c1. The maximum Gasteiger partial charge on any atom is 0.512 e. The number of carbonyl (C=O) groups is 1. The molecule has 0 atom stereocenters. The summed E-state index contributed by atoms with van der Waals surface area (Å²) in [6, 6.07) is 7.47. The van der Waals surface area contributed by atoms with Crippen LogP contribution in [0.2, 0.25) is 0 Å². The number of carboxylic acid groups (broad SMARTS) is 1. The van der Waals surface area contributed by atoms with Gasteiger partial charge in [-0.15, -0.1) is 0 Å². The van der Waals surface area contributed by atoms with Crippen molar-refractivity contribution in [2.24, 2.45) is 0 Å². The molecule has 4 aromatic rings. The van der Waals surface area contributed by atoms with Crippen molar-refractivity contribution in [3.05, 3.63) is 53.1 Å². The average molecular weight is 404 g/mol. The van der Waals surface area contributed by atoms with Gasteiger partial charge >= 0.3 is 12.3 Å². The maximum atomic E-state index is 13.1. The predicted molar refractivity (Wildman–Crippen MR) is 95.8 cm³/mol. The highest BCUT2D eigenvalue weighted by molar-refractivity contribution is 6.04. The molecule has 29 heavy (non-hydrogen) atoms. The minimum Gasteiger partial charge on any atom is -0.449 e. The third-order valence-corrected chi connectivity index (χ3v) is 4.28. The highest BCUT2D eigenvalue weighted by Crippen LogP contribution is 2.32. The van der Waals surface area contributed by atoms with Crippen molar-refractivity contribution in [1.82, 2.24) is 19.7 Å². The number of nitrogens with zero attached hydrogens (tertiary/aromatic N) is 3. The number of rotatable bonds is 3. The van der Waals surface area contributed by atoms with Gasteiger partial charge in [0.2, 0.25) is 5.88 Å². The number of alkyl halides is 3. The summed E-state index contributed by atoms with van der Waals surface area (Å²) in [5, 5.41) is 15.7. The number of nitrogens with one attached hydrogen (secondary N) is 1. The molecule has 11 heteroatoms. The third-order valence-electron chi connectivity index (χ3n) is 4.28. The van der Waals surface area contributed by atoms with Crippen LogP contribution in [0, 0.1) is 0 Å². The summed E-state index contributed by atoms with van der Waals surface area (Å²) >= 11 is 0. The van der Waals surface area contributed by atoms with Gasteiger partial charge in [-0.1, -0.05) is 12.1 Å². The second kappa shape index (κ2) is 6.62. The molecule has 0 fully saturated rings. The van der Waals surface area contributed by atoms with E-state index in [0.29, 0.717) is 21.0 Å². The van der Waals surface area contributed by atoms with Gasteiger partial charge in [0.1, 0.15) is 6.54 Å². The minimum atomic E-state index is -4.63. The summed E-state index contributed by atoms with van der Waals surface area (Å²) in [5.74, 6) is -0.230. The Morgan fingerprint density at radius 1 is 1.24 bits per heavy atom. The summed E-state index contributed by atoms with van der Waals surface area (Å²) in [6.45, 7) is -1.49. The highest BCUT2D eigenvalue weighted by Gasteiger charge is 2.30. The smallest absolute Gasteiger partial charge is 0.449 e. The summed E-state index contributed by atoms with van der Waals surface area (Å²) in [4.78, 5) is 27.4. The van der Waals surface area contributed by atoms with Gasteiger partial charge in [-0.05, 0) is 23.8 Å². The fraction of sp³-hybridized carbons (Fsp3) is 0.111. The summed E-state index contributed by atoms with van der Waals surface area (Å²) in [7, 11) is 0. The molecule has 148 valence electrons. The average Bonchev–Trinajstić information content (AvgIpc) is 3.14. The van der Waals surface area contributed by atoms with Crippen LogP contribution in [0.1, 0.15) is 0 Å². The van der Waals surface area contributed by atoms with Crippen LogP contribution in [-0.2, 0) is 6.54 Å². The van der Waals surface area contributed by atoms with Crippen LogP contribution in [0.15, 0.2) is 47.5 Å². The van der Waals surface area contributed by atoms with E-state index >= 15 is 0 Å². The molecule has 1 aromatic carbocycles. The zero-order valence-corrected chi connectivity index (χ0v) is 14.4. The van der Waals surface area contributed by atoms with Crippen molar-refractivity contribution in [2.45, 2.75) is 12.7 Å². The Balaban J connectivity index is 2.01. The molecule has 0 saturated heterocycles. The van der Waals surface area contributed by atoms with Crippen LogP contribution in [-0.4, -0.2) is 37.2 Å². The van der Waals surface area contributed by atoms with Gasteiger partial charge in [0, 0.05) is 17.1 Å². The Morgan fingerprint density at radius 2 is 2.03 bits per heavy atom. The molecule has 3 aromatic heterocycles.